The van der Waals surface area contributed by atoms with Crippen LogP contribution in [0.5, 0.6) is 0 Å². The largest absolute Gasteiger partial charge is 0.305 e. The first-order valence-electron chi connectivity index (χ1n) is 11.5. The van der Waals surface area contributed by atoms with Gasteiger partial charge in [0.2, 0.25) is 5.78 Å². The summed E-state index contributed by atoms with van der Waals surface area (Å²) in [7, 11) is 0. The molecule has 170 valence electrons. The number of carbonyl (C=O) groups is 3. The number of halogens is 1. The highest BCUT2D eigenvalue weighted by molar-refractivity contribution is 6.35. The van der Waals surface area contributed by atoms with E-state index in [0.29, 0.717) is 27.2 Å². The van der Waals surface area contributed by atoms with Gasteiger partial charge >= 0.3 is 0 Å². The fraction of sp³-hybridized carbons (Fsp3) is 0. The summed E-state index contributed by atoms with van der Waals surface area (Å²) in [5, 5.41) is 3.52. The van der Waals surface area contributed by atoms with Crippen LogP contribution in [0.4, 0.5) is 0 Å². The number of nitrogens with zero attached hydrogens (tertiary/aromatic N) is 1. The summed E-state index contributed by atoms with van der Waals surface area (Å²) in [6.45, 7) is 0. The predicted molar refractivity (Wildman–Crippen MR) is 141 cm³/mol. The predicted octanol–water partition coefficient (Wildman–Crippen LogP) is 6.91. The number of hydrogen-bond acceptors (Lipinski definition) is 3. The molecule has 1 aliphatic carbocycles. The molecule has 6 aromatic rings. The molecule has 0 aliphatic heterocycles. The van der Waals surface area contributed by atoms with Crippen LogP contribution in [-0.2, 0) is 0 Å². The summed E-state index contributed by atoms with van der Waals surface area (Å²) >= 11 is 6.07. The molecule has 0 unspecified atom stereocenters. The average Bonchev–Trinajstić information content (AvgIpc) is 3.27. The second-order valence-corrected chi connectivity index (χ2v) is 9.35. The Labute approximate surface area is 210 Å². The molecule has 0 atom stereocenters. The average molecular weight is 486 g/mol. The SMILES string of the molecule is O=C1c2ccccc2C(=O)c2c1c(C(=O)c1ccc(Cl)cc1)n1c2ccc2c3ccccc3ccc21. The molecule has 2 aromatic heterocycles. The molecule has 4 aromatic carbocycles. The van der Waals surface area contributed by atoms with Crippen LogP contribution in [0.2, 0.25) is 5.02 Å². The standard InChI is InChI=1S/C31H16ClNO3/c32-19-12-9-18(10-13-19)29(34)28-27-26(30(35)22-7-3-4-8-23(22)31(27)36)25-16-14-21-20-6-2-1-5-17(20)11-15-24(21)33(25)28/h1-16H. The lowest BCUT2D eigenvalue weighted by Gasteiger charge is -2.15. The minimum absolute atomic E-state index is 0.152. The maximum atomic E-state index is 14.0. The van der Waals surface area contributed by atoms with E-state index >= 15 is 0 Å². The van der Waals surface area contributed by atoms with Gasteiger partial charge in [-0.2, -0.15) is 0 Å². The van der Waals surface area contributed by atoms with Crippen LogP contribution in [0.1, 0.15) is 47.9 Å². The van der Waals surface area contributed by atoms with E-state index in [1.807, 2.05) is 48.5 Å². The molecule has 0 spiro atoms. The zero-order valence-electron chi connectivity index (χ0n) is 18.8. The number of hydrogen-bond donors (Lipinski definition) is 0. The van der Waals surface area contributed by atoms with E-state index in [0.717, 1.165) is 21.7 Å². The highest BCUT2D eigenvalue weighted by Gasteiger charge is 2.38. The van der Waals surface area contributed by atoms with Gasteiger partial charge < -0.3 is 4.40 Å². The van der Waals surface area contributed by atoms with Gasteiger partial charge in [-0.15, -0.1) is 0 Å². The van der Waals surface area contributed by atoms with Crippen LogP contribution < -0.4 is 0 Å². The van der Waals surface area contributed by atoms with Crippen LogP contribution in [0.25, 0.3) is 27.2 Å². The maximum Gasteiger partial charge on any atom is 0.210 e. The van der Waals surface area contributed by atoms with Crippen molar-refractivity contribution in [2.75, 3.05) is 0 Å². The van der Waals surface area contributed by atoms with E-state index < -0.39 is 0 Å². The van der Waals surface area contributed by atoms with Crippen LogP contribution in [0, 0.1) is 0 Å². The fourth-order valence-corrected chi connectivity index (χ4v) is 5.49. The van der Waals surface area contributed by atoms with Crippen LogP contribution in [-0.4, -0.2) is 21.8 Å². The van der Waals surface area contributed by atoms with Crippen molar-refractivity contribution < 1.29 is 14.4 Å². The number of fused-ring (bicyclic) bond motifs is 8. The minimum atomic E-state index is -0.343. The lowest BCUT2D eigenvalue weighted by Crippen LogP contribution is -2.21. The number of aromatic nitrogens is 1. The maximum absolute atomic E-state index is 14.0. The molecule has 36 heavy (non-hydrogen) atoms. The van der Waals surface area contributed by atoms with Gasteiger partial charge in [-0.05, 0) is 47.2 Å². The number of ketones is 3. The molecule has 5 heteroatoms. The summed E-state index contributed by atoms with van der Waals surface area (Å²) < 4.78 is 1.78. The van der Waals surface area contributed by atoms with E-state index in [2.05, 4.69) is 0 Å². The third-order valence-corrected chi connectivity index (χ3v) is 7.25. The van der Waals surface area contributed by atoms with Crippen molar-refractivity contribution in [3.05, 3.63) is 136 Å². The number of carbonyl (C=O) groups excluding carboxylic acids is 3. The molecule has 0 saturated heterocycles. The molecule has 7 rings (SSSR count). The quantitative estimate of drug-likeness (QED) is 0.197. The van der Waals surface area contributed by atoms with Crippen molar-refractivity contribution in [3.8, 4) is 0 Å². The van der Waals surface area contributed by atoms with Gasteiger partial charge in [0, 0.05) is 27.1 Å². The van der Waals surface area contributed by atoms with Crippen LogP contribution in [0.15, 0.2) is 97.1 Å². The molecule has 0 saturated carbocycles. The molecular weight excluding hydrogens is 470 g/mol. The molecule has 0 N–H and O–H groups in total. The summed E-state index contributed by atoms with van der Waals surface area (Å²) in [4.78, 5) is 41.6. The second-order valence-electron chi connectivity index (χ2n) is 8.91. The lowest BCUT2D eigenvalue weighted by molar-refractivity contribution is 0.0973. The fourth-order valence-electron chi connectivity index (χ4n) is 5.37. The Morgan fingerprint density at radius 3 is 2.00 bits per heavy atom. The summed E-state index contributed by atoms with van der Waals surface area (Å²) in [5.74, 6) is -0.924. The number of pyridine rings is 1. The third kappa shape index (κ3) is 2.73. The van der Waals surface area contributed by atoms with E-state index in [1.54, 1.807) is 52.9 Å². The molecule has 0 radical (unpaired) electrons. The van der Waals surface area contributed by atoms with Crippen molar-refractivity contribution in [2.45, 2.75) is 0 Å². The normalized spacial score (nSPS) is 12.8. The van der Waals surface area contributed by atoms with Crippen LogP contribution in [0.3, 0.4) is 0 Å². The number of rotatable bonds is 2. The topological polar surface area (TPSA) is 55.6 Å². The van der Waals surface area contributed by atoms with Gasteiger partial charge in [-0.1, -0.05) is 72.3 Å². The van der Waals surface area contributed by atoms with Crippen molar-refractivity contribution in [1.82, 2.24) is 4.40 Å². The minimum Gasteiger partial charge on any atom is -0.305 e. The summed E-state index contributed by atoms with van der Waals surface area (Å²) in [6.07, 6.45) is 0. The third-order valence-electron chi connectivity index (χ3n) is 7.00. The lowest BCUT2D eigenvalue weighted by atomic mass is 9.84. The van der Waals surface area contributed by atoms with E-state index in [9.17, 15) is 14.4 Å². The first-order valence-corrected chi connectivity index (χ1v) is 11.9. The Balaban J connectivity index is 1.66. The van der Waals surface area contributed by atoms with E-state index in [-0.39, 0.29) is 34.2 Å². The molecule has 4 nitrogen and oxygen atoms in total. The summed E-state index contributed by atoms with van der Waals surface area (Å²) in [5.41, 5.74) is 2.96. The van der Waals surface area contributed by atoms with Gasteiger partial charge in [-0.25, -0.2) is 0 Å². The Morgan fingerprint density at radius 1 is 0.611 bits per heavy atom. The zero-order valence-corrected chi connectivity index (χ0v) is 19.5. The Hall–Kier alpha value is -4.54. The van der Waals surface area contributed by atoms with E-state index in [1.165, 1.54) is 0 Å². The second kappa shape index (κ2) is 7.48. The molecule has 0 bridgehead atoms. The Kier molecular flexibility index (Phi) is 4.32. The van der Waals surface area contributed by atoms with Crippen LogP contribution >= 0.6 is 11.6 Å². The molecule has 0 fully saturated rings. The zero-order chi connectivity index (χ0) is 24.6. The molecule has 0 amide bonds. The Morgan fingerprint density at radius 2 is 1.25 bits per heavy atom. The van der Waals surface area contributed by atoms with Gasteiger partial charge in [0.1, 0.15) is 5.69 Å². The molecular formula is C31H16ClNO3. The van der Waals surface area contributed by atoms with Gasteiger partial charge in [0.15, 0.2) is 11.6 Å². The van der Waals surface area contributed by atoms with Crippen molar-refractivity contribution in [3.63, 3.8) is 0 Å². The van der Waals surface area contributed by atoms with Crippen molar-refractivity contribution >= 4 is 56.1 Å². The highest BCUT2D eigenvalue weighted by atomic mass is 35.5. The monoisotopic (exact) mass is 485 g/mol. The molecule has 2 heterocycles. The molecule has 1 aliphatic rings. The Bertz CT molecular complexity index is 1950. The van der Waals surface area contributed by atoms with Gasteiger partial charge in [-0.3, -0.25) is 14.4 Å². The smallest absolute Gasteiger partial charge is 0.210 e. The van der Waals surface area contributed by atoms with Crippen molar-refractivity contribution in [1.29, 1.82) is 0 Å². The highest BCUT2D eigenvalue weighted by Crippen LogP contribution is 2.38. The summed E-state index contributed by atoms with van der Waals surface area (Å²) in [6, 6.07) is 29.1. The van der Waals surface area contributed by atoms with E-state index in [4.69, 9.17) is 11.6 Å². The van der Waals surface area contributed by atoms with Gasteiger partial charge in [0.25, 0.3) is 0 Å². The first kappa shape index (κ1) is 20.8. The van der Waals surface area contributed by atoms with Crippen molar-refractivity contribution in [2.24, 2.45) is 0 Å². The number of benzene rings is 4. The van der Waals surface area contributed by atoms with Gasteiger partial charge in [0.05, 0.1) is 22.2 Å². The first-order chi connectivity index (χ1) is 17.5.